The van der Waals surface area contributed by atoms with Crippen LogP contribution < -0.4 is 5.32 Å². The third-order valence-electron chi connectivity index (χ3n) is 4.29. The van der Waals surface area contributed by atoms with Gasteiger partial charge >= 0.3 is 0 Å². The van der Waals surface area contributed by atoms with E-state index in [2.05, 4.69) is 20.4 Å². The van der Waals surface area contributed by atoms with E-state index in [1.807, 2.05) is 6.92 Å². The topological polar surface area (TPSA) is 92.4 Å². The highest BCUT2D eigenvalue weighted by molar-refractivity contribution is 7.19. The van der Waals surface area contributed by atoms with Crippen LogP contribution >= 0.6 is 11.3 Å². The van der Waals surface area contributed by atoms with Gasteiger partial charge in [-0.25, -0.2) is 14.5 Å². The number of nitrogens with one attached hydrogen (secondary N) is 1. The number of hydrogen-bond acceptors (Lipinski definition) is 6. The molecule has 23 heavy (non-hydrogen) atoms. The molecule has 120 valence electrons. The van der Waals surface area contributed by atoms with Crippen molar-refractivity contribution in [3.63, 3.8) is 0 Å². The number of amides is 1. The first-order chi connectivity index (χ1) is 11.2. The Kier molecular flexibility index (Phi) is 3.50. The number of carbonyl (C=O) groups is 1. The molecule has 7 nitrogen and oxygen atoms in total. The van der Waals surface area contributed by atoms with Gasteiger partial charge in [-0.3, -0.25) is 4.79 Å². The third-order valence-corrected chi connectivity index (χ3v) is 5.49. The Hall–Kier alpha value is -2.06. The summed E-state index contributed by atoms with van der Waals surface area (Å²) in [4.78, 5) is 23.5. The number of aryl methyl sites for hydroxylation is 2. The molecule has 3 aromatic rings. The first-order valence-corrected chi connectivity index (χ1v) is 8.60. The molecule has 0 saturated heterocycles. The highest BCUT2D eigenvalue weighted by atomic mass is 32.1. The predicted octanol–water partition coefficient (Wildman–Crippen LogP) is 1.33. The Labute approximate surface area is 136 Å². The average Bonchev–Trinajstić information content (AvgIpc) is 3.24. The van der Waals surface area contributed by atoms with Crippen LogP contribution in [0.2, 0.25) is 0 Å². The fourth-order valence-corrected chi connectivity index (χ4v) is 4.24. The Morgan fingerprint density at radius 3 is 3.17 bits per heavy atom. The van der Waals surface area contributed by atoms with Crippen LogP contribution in [-0.4, -0.2) is 43.2 Å². The number of thiophene rings is 1. The maximum Gasteiger partial charge on any atom is 0.291 e. The van der Waals surface area contributed by atoms with E-state index in [-0.39, 0.29) is 24.4 Å². The summed E-state index contributed by atoms with van der Waals surface area (Å²) in [5.41, 5.74) is 2.00. The lowest BCUT2D eigenvalue weighted by Gasteiger charge is -2.11. The lowest BCUT2D eigenvalue weighted by atomic mass is 10.2. The molecule has 0 fully saturated rings. The van der Waals surface area contributed by atoms with Gasteiger partial charge in [-0.1, -0.05) is 6.92 Å². The van der Waals surface area contributed by atoms with Crippen LogP contribution in [0.25, 0.3) is 15.9 Å². The Balaban J connectivity index is 1.78. The van der Waals surface area contributed by atoms with Crippen molar-refractivity contribution < 1.29 is 9.90 Å². The highest BCUT2D eigenvalue weighted by Gasteiger charge is 2.23. The number of fused-ring (bicyclic) bond motifs is 5. The standard InChI is InChI=1S/C15H17N5O2S/c1-2-8(6-21)17-14(22)12-18-13-11-9-4-3-5-10(9)23-15(11)16-7-20(13)19-12/h7-8,21H,2-6H2,1H3,(H,17,22). The second-order valence-electron chi connectivity index (χ2n) is 5.75. The van der Waals surface area contributed by atoms with Gasteiger partial charge in [0.1, 0.15) is 11.2 Å². The van der Waals surface area contributed by atoms with Gasteiger partial charge in [0.25, 0.3) is 5.91 Å². The summed E-state index contributed by atoms with van der Waals surface area (Å²) in [5, 5.41) is 17.2. The smallest absolute Gasteiger partial charge is 0.291 e. The Bertz CT molecular complexity index is 896. The largest absolute Gasteiger partial charge is 0.394 e. The molecule has 0 bridgehead atoms. The molecular formula is C15H17N5O2S. The predicted molar refractivity (Wildman–Crippen MR) is 86.8 cm³/mol. The van der Waals surface area contributed by atoms with Crippen LogP contribution in [0.15, 0.2) is 6.33 Å². The summed E-state index contributed by atoms with van der Waals surface area (Å²) in [6.45, 7) is 1.81. The van der Waals surface area contributed by atoms with Crippen molar-refractivity contribution in [1.29, 1.82) is 0 Å². The zero-order chi connectivity index (χ0) is 16.0. The maximum absolute atomic E-state index is 12.3. The fourth-order valence-electron chi connectivity index (χ4n) is 3.02. The van der Waals surface area contributed by atoms with E-state index in [0.717, 1.165) is 29.5 Å². The van der Waals surface area contributed by atoms with Gasteiger partial charge in [0.2, 0.25) is 5.82 Å². The Morgan fingerprint density at radius 1 is 1.52 bits per heavy atom. The lowest BCUT2D eigenvalue weighted by molar-refractivity contribution is 0.0904. The van der Waals surface area contributed by atoms with E-state index in [4.69, 9.17) is 0 Å². The van der Waals surface area contributed by atoms with Gasteiger partial charge in [0, 0.05) is 4.88 Å². The van der Waals surface area contributed by atoms with Gasteiger partial charge in [0.05, 0.1) is 18.0 Å². The zero-order valence-corrected chi connectivity index (χ0v) is 13.6. The molecule has 1 aliphatic rings. The number of carbonyl (C=O) groups excluding carboxylic acids is 1. The second-order valence-corrected chi connectivity index (χ2v) is 6.83. The zero-order valence-electron chi connectivity index (χ0n) is 12.7. The summed E-state index contributed by atoms with van der Waals surface area (Å²) < 4.78 is 1.57. The van der Waals surface area contributed by atoms with Gasteiger partial charge in [-0.15, -0.1) is 16.4 Å². The average molecular weight is 331 g/mol. The Morgan fingerprint density at radius 2 is 2.39 bits per heavy atom. The molecule has 0 saturated carbocycles. The summed E-state index contributed by atoms with van der Waals surface area (Å²) in [6.07, 6.45) is 5.55. The third kappa shape index (κ3) is 2.29. The number of aliphatic hydroxyl groups is 1. The number of aromatic nitrogens is 4. The minimum Gasteiger partial charge on any atom is -0.394 e. The van der Waals surface area contributed by atoms with E-state index in [1.54, 1.807) is 22.2 Å². The molecule has 1 unspecified atom stereocenters. The molecule has 0 aliphatic heterocycles. The van der Waals surface area contributed by atoms with Crippen molar-refractivity contribution in [2.24, 2.45) is 0 Å². The van der Waals surface area contributed by atoms with Crippen molar-refractivity contribution in [2.75, 3.05) is 6.61 Å². The van der Waals surface area contributed by atoms with Crippen molar-refractivity contribution in [2.45, 2.75) is 38.6 Å². The fraction of sp³-hybridized carbons (Fsp3) is 0.467. The first kappa shape index (κ1) is 14.5. The molecule has 3 aromatic heterocycles. The first-order valence-electron chi connectivity index (χ1n) is 7.78. The minimum atomic E-state index is -0.366. The number of rotatable bonds is 4. The normalized spacial score (nSPS) is 15.2. The van der Waals surface area contributed by atoms with Gasteiger partial charge in [0.15, 0.2) is 5.65 Å². The van der Waals surface area contributed by atoms with Crippen LogP contribution in [0.5, 0.6) is 0 Å². The van der Waals surface area contributed by atoms with Crippen molar-refractivity contribution in [1.82, 2.24) is 24.9 Å². The van der Waals surface area contributed by atoms with Gasteiger partial charge < -0.3 is 10.4 Å². The molecule has 1 aliphatic carbocycles. The second kappa shape index (κ2) is 5.54. The number of aliphatic hydroxyl groups excluding tert-OH is 1. The van der Waals surface area contributed by atoms with Crippen LogP contribution in [0.4, 0.5) is 0 Å². The molecule has 0 aromatic carbocycles. The SMILES string of the molecule is CCC(CO)NC(=O)c1nc2c3c4c(sc3ncn2n1)CCC4. The van der Waals surface area contributed by atoms with E-state index in [1.165, 1.54) is 10.4 Å². The summed E-state index contributed by atoms with van der Waals surface area (Å²) >= 11 is 1.71. The van der Waals surface area contributed by atoms with Crippen molar-refractivity contribution >= 4 is 33.1 Å². The van der Waals surface area contributed by atoms with E-state index in [0.29, 0.717) is 12.1 Å². The van der Waals surface area contributed by atoms with E-state index < -0.39 is 0 Å². The number of nitrogens with zero attached hydrogens (tertiary/aromatic N) is 4. The summed E-state index contributed by atoms with van der Waals surface area (Å²) in [5.74, 6) is -0.251. The molecular weight excluding hydrogens is 314 g/mol. The maximum atomic E-state index is 12.3. The van der Waals surface area contributed by atoms with E-state index in [9.17, 15) is 9.90 Å². The summed E-state index contributed by atoms with van der Waals surface area (Å²) in [6, 6.07) is -0.280. The van der Waals surface area contributed by atoms with E-state index >= 15 is 0 Å². The molecule has 2 N–H and O–H groups in total. The molecule has 1 atom stereocenters. The number of hydrogen-bond donors (Lipinski definition) is 2. The van der Waals surface area contributed by atoms with Crippen LogP contribution in [0, 0.1) is 0 Å². The molecule has 1 amide bonds. The van der Waals surface area contributed by atoms with Crippen molar-refractivity contribution in [3.05, 3.63) is 22.6 Å². The van der Waals surface area contributed by atoms with Crippen LogP contribution in [0.1, 0.15) is 40.8 Å². The molecule has 3 heterocycles. The monoisotopic (exact) mass is 331 g/mol. The van der Waals surface area contributed by atoms with Crippen LogP contribution in [-0.2, 0) is 12.8 Å². The van der Waals surface area contributed by atoms with Gasteiger partial charge in [-0.05, 0) is 31.2 Å². The molecule has 4 rings (SSSR count). The molecule has 0 spiro atoms. The van der Waals surface area contributed by atoms with Gasteiger partial charge in [-0.2, -0.15) is 0 Å². The molecule has 8 heteroatoms. The van der Waals surface area contributed by atoms with Crippen LogP contribution in [0.3, 0.4) is 0 Å². The quantitative estimate of drug-likeness (QED) is 0.752. The minimum absolute atomic E-state index is 0.0978. The molecule has 0 radical (unpaired) electrons. The van der Waals surface area contributed by atoms with Crippen molar-refractivity contribution in [3.8, 4) is 0 Å². The lowest BCUT2D eigenvalue weighted by Crippen LogP contribution is -2.37. The highest BCUT2D eigenvalue weighted by Crippen LogP contribution is 2.37. The summed E-state index contributed by atoms with van der Waals surface area (Å²) in [7, 11) is 0.